The molecule has 0 bridgehead atoms. The van der Waals surface area contributed by atoms with Gasteiger partial charge in [-0.15, -0.1) is 5.10 Å². The molecule has 0 spiro atoms. The topological polar surface area (TPSA) is 154 Å². The Morgan fingerprint density at radius 3 is 2.34 bits per heavy atom. The summed E-state index contributed by atoms with van der Waals surface area (Å²) in [6.07, 6.45) is 2.31. The van der Waals surface area contributed by atoms with Crippen LogP contribution in [0.1, 0.15) is 6.42 Å². The molecule has 0 aliphatic heterocycles. The van der Waals surface area contributed by atoms with Gasteiger partial charge in [-0.1, -0.05) is 17.3 Å². The van der Waals surface area contributed by atoms with E-state index < -0.39 is 27.6 Å². The van der Waals surface area contributed by atoms with Gasteiger partial charge in [0.2, 0.25) is 15.9 Å². The molecule has 4 rings (SSSR count). The van der Waals surface area contributed by atoms with Gasteiger partial charge in [-0.3, -0.25) is 9.10 Å². The number of nitrogens with zero attached hydrogens (tertiary/aromatic N) is 5. The first-order valence-electron chi connectivity index (χ1n) is 11.4. The molecule has 1 N–H and O–H groups in total. The van der Waals surface area contributed by atoms with Crippen LogP contribution in [0.4, 0.5) is 5.69 Å². The van der Waals surface area contributed by atoms with Crippen LogP contribution in [-0.2, 0) is 21.4 Å². The van der Waals surface area contributed by atoms with Crippen LogP contribution in [-0.4, -0.2) is 66.0 Å². The number of pyridine rings is 1. The van der Waals surface area contributed by atoms with Crippen LogP contribution in [0.5, 0.6) is 11.6 Å². The average Bonchev–Trinajstić information content (AvgIpc) is 2.91. The number of rotatable bonds is 10. The molecule has 0 saturated heterocycles. The number of anilines is 1. The molecule has 0 aliphatic carbocycles. The van der Waals surface area contributed by atoms with Crippen molar-refractivity contribution in [2.75, 3.05) is 24.8 Å². The number of benzene rings is 2. The number of aliphatic carboxylic acids is 1. The largest absolute Gasteiger partial charge is 0.497 e. The van der Waals surface area contributed by atoms with E-state index in [-0.39, 0.29) is 24.0 Å². The SMILES string of the molecule is COc1ccc2c(=O)n(CCC(C(=O)O)N(c3ccc(-c4ccc(OC)nc4)cc3)S(C)(=O)=O)nnc2c1. The normalized spacial score (nSPS) is 12.2. The third kappa shape index (κ3) is 5.57. The number of carbonyl (C=O) groups is 1. The molecular weight excluding hydrogens is 514 g/mol. The third-order valence-corrected chi connectivity index (χ3v) is 7.05. The Kier molecular flexibility index (Phi) is 7.57. The quantitative estimate of drug-likeness (QED) is 0.317. The predicted molar refractivity (Wildman–Crippen MR) is 140 cm³/mol. The number of fused-ring (bicyclic) bond motifs is 1. The summed E-state index contributed by atoms with van der Waals surface area (Å²) in [6.45, 7) is -0.174. The standard InChI is InChI=1S/C25H25N5O7S/c1-36-19-9-10-20-21(14-19)27-28-29(24(20)31)13-12-22(25(32)33)30(38(3,34)35)18-7-4-16(5-8-18)17-6-11-23(37-2)26-15-17/h4-11,14-15,22H,12-13H2,1-3H3,(H,32,33). The Morgan fingerprint density at radius 1 is 1.05 bits per heavy atom. The first-order chi connectivity index (χ1) is 18.1. The minimum Gasteiger partial charge on any atom is -0.497 e. The van der Waals surface area contributed by atoms with Crippen molar-refractivity contribution in [3.8, 4) is 22.8 Å². The number of sulfonamides is 1. The predicted octanol–water partition coefficient (Wildman–Crippen LogP) is 2.18. The van der Waals surface area contributed by atoms with Crippen LogP contribution in [0.15, 0.2) is 65.6 Å². The number of aryl methyl sites for hydroxylation is 1. The second-order valence-electron chi connectivity index (χ2n) is 8.34. The minimum atomic E-state index is -4.02. The van der Waals surface area contributed by atoms with Crippen LogP contribution in [0.3, 0.4) is 0 Å². The average molecular weight is 540 g/mol. The highest BCUT2D eigenvalue weighted by Gasteiger charge is 2.33. The van der Waals surface area contributed by atoms with Gasteiger partial charge in [0.1, 0.15) is 17.3 Å². The molecule has 38 heavy (non-hydrogen) atoms. The van der Waals surface area contributed by atoms with Crippen molar-refractivity contribution >= 4 is 32.6 Å². The summed E-state index contributed by atoms with van der Waals surface area (Å²) in [7, 11) is -1.02. The Hall–Kier alpha value is -4.52. The maximum Gasteiger partial charge on any atom is 0.327 e. The molecule has 0 radical (unpaired) electrons. The summed E-state index contributed by atoms with van der Waals surface area (Å²) < 4.78 is 37.5. The van der Waals surface area contributed by atoms with E-state index >= 15 is 0 Å². The van der Waals surface area contributed by atoms with Gasteiger partial charge >= 0.3 is 5.97 Å². The van der Waals surface area contributed by atoms with Crippen LogP contribution in [0.2, 0.25) is 0 Å². The van der Waals surface area contributed by atoms with E-state index in [0.717, 1.165) is 26.4 Å². The fraction of sp³-hybridized carbons (Fsp3) is 0.240. The zero-order chi connectivity index (χ0) is 27.4. The maximum atomic E-state index is 12.9. The summed E-state index contributed by atoms with van der Waals surface area (Å²) in [5, 5.41) is 18.1. The zero-order valence-electron chi connectivity index (χ0n) is 20.8. The highest BCUT2D eigenvalue weighted by molar-refractivity contribution is 7.92. The summed E-state index contributed by atoms with van der Waals surface area (Å²) >= 11 is 0. The third-order valence-electron chi connectivity index (χ3n) is 5.87. The summed E-state index contributed by atoms with van der Waals surface area (Å²) in [5.41, 5.74) is 1.52. The smallest absolute Gasteiger partial charge is 0.327 e. The van der Waals surface area contributed by atoms with E-state index in [1.165, 1.54) is 26.4 Å². The second-order valence-corrected chi connectivity index (χ2v) is 10.2. The van der Waals surface area contributed by atoms with Crippen molar-refractivity contribution in [2.24, 2.45) is 0 Å². The van der Waals surface area contributed by atoms with Crippen LogP contribution in [0, 0.1) is 0 Å². The minimum absolute atomic E-state index is 0.161. The van der Waals surface area contributed by atoms with E-state index in [0.29, 0.717) is 17.1 Å². The van der Waals surface area contributed by atoms with Gasteiger partial charge < -0.3 is 14.6 Å². The number of carboxylic acid groups (broad SMARTS) is 1. The summed E-state index contributed by atoms with van der Waals surface area (Å²) in [6, 6.07) is 13.1. The molecule has 2 aromatic carbocycles. The Bertz CT molecular complexity index is 1620. The molecule has 0 saturated carbocycles. The van der Waals surface area contributed by atoms with Crippen molar-refractivity contribution < 1.29 is 27.8 Å². The number of methoxy groups -OCH3 is 2. The molecule has 2 aromatic heterocycles. The van der Waals surface area contributed by atoms with Gasteiger partial charge in [0.05, 0.1) is 31.5 Å². The molecule has 0 aliphatic rings. The lowest BCUT2D eigenvalue weighted by Crippen LogP contribution is -2.46. The molecule has 198 valence electrons. The first kappa shape index (κ1) is 26.5. The van der Waals surface area contributed by atoms with Gasteiger partial charge in [0.15, 0.2) is 0 Å². The monoisotopic (exact) mass is 539 g/mol. The van der Waals surface area contributed by atoms with Crippen molar-refractivity contribution in [1.82, 2.24) is 20.0 Å². The van der Waals surface area contributed by atoms with E-state index in [1.807, 2.05) is 0 Å². The molecule has 0 amide bonds. The number of hydrogen-bond acceptors (Lipinski definition) is 9. The Morgan fingerprint density at radius 2 is 1.76 bits per heavy atom. The molecule has 12 nitrogen and oxygen atoms in total. The molecule has 4 aromatic rings. The highest BCUT2D eigenvalue weighted by Crippen LogP contribution is 2.27. The Labute approximate surface area is 218 Å². The molecule has 0 fully saturated rings. The fourth-order valence-electron chi connectivity index (χ4n) is 3.99. The van der Waals surface area contributed by atoms with E-state index in [9.17, 15) is 23.1 Å². The molecule has 2 heterocycles. The molecule has 1 unspecified atom stereocenters. The lowest BCUT2D eigenvalue weighted by Gasteiger charge is -2.29. The van der Waals surface area contributed by atoms with Crippen LogP contribution >= 0.6 is 0 Å². The van der Waals surface area contributed by atoms with Crippen molar-refractivity contribution in [2.45, 2.75) is 19.0 Å². The van der Waals surface area contributed by atoms with Crippen LogP contribution in [0.25, 0.3) is 22.0 Å². The van der Waals surface area contributed by atoms with Crippen LogP contribution < -0.4 is 19.3 Å². The van der Waals surface area contributed by atoms with E-state index in [1.54, 1.807) is 48.7 Å². The van der Waals surface area contributed by atoms with Gasteiger partial charge in [-0.25, -0.2) is 22.9 Å². The van der Waals surface area contributed by atoms with Gasteiger partial charge in [-0.2, -0.15) is 0 Å². The Balaban J connectivity index is 1.62. The number of ether oxygens (including phenoxy) is 2. The molecular formula is C25H25N5O7S. The number of aromatic nitrogens is 4. The fourth-order valence-corrected chi connectivity index (χ4v) is 5.15. The molecule has 13 heteroatoms. The summed E-state index contributed by atoms with van der Waals surface area (Å²) in [5.74, 6) is -0.411. The maximum absolute atomic E-state index is 12.9. The second kappa shape index (κ2) is 10.8. The lowest BCUT2D eigenvalue weighted by atomic mass is 10.1. The van der Waals surface area contributed by atoms with Gasteiger partial charge in [0.25, 0.3) is 5.56 Å². The van der Waals surface area contributed by atoms with Gasteiger partial charge in [0, 0.05) is 30.4 Å². The van der Waals surface area contributed by atoms with Crippen molar-refractivity contribution in [3.05, 3.63) is 71.1 Å². The number of carboxylic acids is 1. The zero-order valence-corrected chi connectivity index (χ0v) is 21.6. The lowest BCUT2D eigenvalue weighted by molar-refractivity contribution is -0.138. The molecule has 1 atom stereocenters. The van der Waals surface area contributed by atoms with E-state index in [4.69, 9.17) is 9.47 Å². The summed E-state index contributed by atoms with van der Waals surface area (Å²) in [4.78, 5) is 29.3. The number of hydrogen-bond donors (Lipinski definition) is 1. The highest BCUT2D eigenvalue weighted by atomic mass is 32.2. The van der Waals surface area contributed by atoms with Gasteiger partial charge in [-0.05, 0) is 42.3 Å². The first-order valence-corrected chi connectivity index (χ1v) is 13.2. The van der Waals surface area contributed by atoms with E-state index in [2.05, 4.69) is 15.3 Å². The van der Waals surface area contributed by atoms with Crippen molar-refractivity contribution in [1.29, 1.82) is 0 Å². The van der Waals surface area contributed by atoms with Crippen molar-refractivity contribution in [3.63, 3.8) is 0 Å².